The van der Waals surface area contributed by atoms with Gasteiger partial charge in [0.05, 0.1) is 23.0 Å². The first kappa shape index (κ1) is 22.5. The Bertz CT molecular complexity index is 1050. The van der Waals surface area contributed by atoms with Crippen molar-refractivity contribution in [2.45, 2.75) is 22.9 Å². The summed E-state index contributed by atoms with van der Waals surface area (Å²) in [6.07, 6.45) is 0.868. The number of hydrogen-bond acceptors (Lipinski definition) is 9. The summed E-state index contributed by atoms with van der Waals surface area (Å²) < 4.78 is 5.83. The fourth-order valence-corrected chi connectivity index (χ4v) is 4.56. The van der Waals surface area contributed by atoms with Gasteiger partial charge in [-0.05, 0) is 25.0 Å². The second-order valence-corrected chi connectivity index (χ2v) is 8.99. The van der Waals surface area contributed by atoms with E-state index in [1.54, 1.807) is 6.92 Å². The molecule has 0 saturated heterocycles. The zero-order valence-electron chi connectivity index (χ0n) is 16.9. The average molecular weight is 460 g/mol. The van der Waals surface area contributed by atoms with E-state index in [1.165, 1.54) is 54.0 Å². The highest BCUT2D eigenvalue weighted by Gasteiger charge is 2.20. The van der Waals surface area contributed by atoms with Crippen molar-refractivity contribution < 1.29 is 14.5 Å². The summed E-state index contributed by atoms with van der Waals surface area (Å²) in [6, 6.07) is 14.2. The number of methoxy groups -OCH3 is 1. The molecule has 0 aliphatic heterocycles. The highest BCUT2D eigenvalue weighted by atomic mass is 32.2. The van der Waals surface area contributed by atoms with Gasteiger partial charge >= 0.3 is 0 Å². The number of nitro benzene ring substituents is 1. The molecule has 1 unspecified atom stereocenters. The Morgan fingerprint density at radius 2 is 2.03 bits per heavy atom. The minimum absolute atomic E-state index is 0.133. The summed E-state index contributed by atoms with van der Waals surface area (Å²) in [5.41, 5.74) is 1.34. The van der Waals surface area contributed by atoms with Crippen LogP contribution < -0.4 is 15.4 Å². The second kappa shape index (κ2) is 10.7. The van der Waals surface area contributed by atoms with Gasteiger partial charge in [-0.2, -0.15) is 0 Å². The smallest absolute Gasteiger partial charge is 0.271 e. The zero-order valence-corrected chi connectivity index (χ0v) is 18.5. The summed E-state index contributed by atoms with van der Waals surface area (Å²) in [7, 11) is 1.43. The number of nitro groups is 1. The third-order valence-electron chi connectivity index (χ3n) is 4.24. The fourth-order valence-electron chi connectivity index (χ4n) is 2.63. The van der Waals surface area contributed by atoms with E-state index < -0.39 is 10.2 Å². The van der Waals surface area contributed by atoms with Gasteiger partial charge in [-0.15, -0.1) is 10.2 Å². The van der Waals surface area contributed by atoms with Gasteiger partial charge in [0.1, 0.15) is 5.75 Å². The van der Waals surface area contributed by atoms with Crippen LogP contribution in [-0.2, 0) is 11.2 Å². The summed E-state index contributed by atoms with van der Waals surface area (Å²) >= 11 is 2.63. The average Bonchev–Trinajstić information content (AvgIpc) is 3.21. The number of carbonyl (C=O) groups is 1. The van der Waals surface area contributed by atoms with Crippen molar-refractivity contribution in [3.05, 3.63) is 64.2 Å². The van der Waals surface area contributed by atoms with E-state index in [1.807, 2.05) is 18.2 Å². The first-order valence-corrected chi connectivity index (χ1v) is 11.1. The molecule has 1 aromatic heterocycles. The van der Waals surface area contributed by atoms with Crippen LogP contribution in [0.4, 0.5) is 16.5 Å². The number of anilines is 2. The zero-order chi connectivity index (χ0) is 22.2. The van der Waals surface area contributed by atoms with Crippen LogP contribution in [-0.4, -0.2) is 39.9 Å². The predicted octanol–water partition coefficient (Wildman–Crippen LogP) is 4.23. The van der Waals surface area contributed by atoms with Gasteiger partial charge in [0.25, 0.3) is 5.69 Å². The number of non-ortho nitro benzene ring substituents is 1. The molecule has 2 aromatic carbocycles. The number of aromatic nitrogens is 2. The van der Waals surface area contributed by atoms with Crippen molar-refractivity contribution in [2.24, 2.45) is 0 Å². The van der Waals surface area contributed by atoms with Crippen molar-refractivity contribution in [1.29, 1.82) is 0 Å². The molecule has 9 nitrogen and oxygen atoms in total. The Hall–Kier alpha value is -3.18. The van der Waals surface area contributed by atoms with Crippen LogP contribution in [0.15, 0.2) is 52.9 Å². The number of hydrogen-bond donors (Lipinski definition) is 2. The summed E-state index contributed by atoms with van der Waals surface area (Å²) in [5, 5.41) is 25.3. The molecule has 1 heterocycles. The number of thioether (sulfide) groups is 1. The minimum Gasteiger partial charge on any atom is -0.495 e. The Morgan fingerprint density at radius 1 is 1.26 bits per heavy atom. The molecule has 0 aliphatic carbocycles. The minimum atomic E-state index is -0.527. The van der Waals surface area contributed by atoms with E-state index in [0.29, 0.717) is 15.2 Å². The number of amides is 1. The molecule has 1 atom stereocenters. The van der Waals surface area contributed by atoms with E-state index in [2.05, 4.69) is 33.0 Å². The number of nitrogens with one attached hydrogen (secondary N) is 2. The van der Waals surface area contributed by atoms with Gasteiger partial charge in [-0.25, -0.2) is 0 Å². The standard InChI is InChI=1S/C20H21N5O4S2/c1-13(18(26)22-16-12-15(25(27)28)8-9-17(16)29-2)30-20-24-23-19(31-20)21-11-10-14-6-4-3-5-7-14/h3-9,12-13H,10-11H2,1-2H3,(H,21,23)(H,22,26). The number of carbonyl (C=O) groups excluding carboxylic acids is 1. The van der Waals surface area contributed by atoms with E-state index >= 15 is 0 Å². The highest BCUT2D eigenvalue weighted by Crippen LogP contribution is 2.32. The molecule has 3 rings (SSSR count). The summed E-state index contributed by atoms with van der Waals surface area (Å²) in [6.45, 7) is 2.46. The van der Waals surface area contributed by atoms with Gasteiger partial charge in [-0.1, -0.05) is 53.4 Å². The van der Waals surface area contributed by atoms with E-state index in [-0.39, 0.29) is 17.3 Å². The first-order valence-electron chi connectivity index (χ1n) is 9.37. The second-order valence-electron chi connectivity index (χ2n) is 6.43. The molecule has 0 saturated carbocycles. The lowest BCUT2D eigenvalue weighted by Crippen LogP contribution is -2.22. The summed E-state index contributed by atoms with van der Waals surface area (Å²) in [4.78, 5) is 23.1. The molecule has 1 amide bonds. The molecule has 0 aliphatic rings. The van der Waals surface area contributed by atoms with Crippen LogP contribution in [0.2, 0.25) is 0 Å². The molecular weight excluding hydrogens is 438 g/mol. The van der Waals surface area contributed by atoms with Crippen LogP contribution in [0.3, 0.4) is 0 Å². The Kier molecular flexibility index (Phi) is 7.79. The van der Waals surface area contributed by atoms with Crippen LogP contribution in [0.25, 0.3) is 0 Å². The molecule has 11 heteroatoms. The fraction of sp³-hybridized carbons (Fsp3) is 0.250. The predicted molar refractivity (Wildman–Crippen MR) is 122 cm³/mol. The molecule has 0 spiro atoms. The van der Waals surface area contributed by atoms with Gasteiger partial charge < -0.3 is 15.4 Å². The molecule has 0 radical (unpaired) electrons. The number of ether oxygens (including phenoxy) is 1. The Balaban J connectivity index is 1.54. The largest absolute Gasteiger partial charge is 0.495 e. The lowest BCUT2D eigenvalue weighted by molar-refractivity contribution is -0.384. The third kappa shape index (κ3) is 6.40. The Labute approximate surface area is 187 Å². The normalized spacial score (nSPS) is 11.5. The van der Waals surface area contributed by atoms with Gasteiger partial charge in [-0.3, -0.25) is 14.9 Å². The van der Waals surface area contributed by atoms with Crippen LogP contribution >= 0.6 is 23.1 Å². The SMILES string of the molecule is COc1ccc([N+](=O)[O-])cc1NC(=O)C(C)Sc1nnc(NCCc2ccccc2)s1. The van der Waals surface area contributed by atoms with Crippen molar-refractivity contribution in [1.82, 2.24) is 10.2 Å². The first-order chi connectivity index (χ1) is 15.0. The van der Waals surface area contributed by atoms with Crippen LogP contribution in [0.5, 0.6) is 5.75 Å². The maximum atomic E-state index is 12.6. The molecular formula is C20H21N5O4S2. The van der Waals surface area contributed by atoms with Crippen molar-refractivity contribution in [3.63, 3.8) is 0 Å². The maximum absolute atomic E-state index is 12.6. The van der Waals surface area contributed by atoms with Crippen molar-refractivity contribution in [3.8, 4) is 5.75 Å². The number of rotatable bonds is 10. The quantitative estimate of drug-likeness (QED) is 0.263. The van der Waals surface area contributed by atoms with Crippen LogP contribution in [0, 0.1) is 10.1 Å². The Morgan fingerprint density at radius 3 is 2.74 bits per heavy atom. The lowest BCUT2D eigenvalue weighted by atomic mass is 10.2. The molecule has 31 heavy (non-hydrogen) atoms. The topological polar surface area (TPSA) is 119 Å². The molecule has 162 valence electrons. The van der Waals surface area contributed by atoms with Crippen LogP contribution in [0.1, 0.15) is 12.5 Å². The van der Waals surface area contributed by atoms with Gasteiger partial charge in [0.2, 0.25) is 11.0 Å². The lowest BCUT2D eigenvalue weighted by Gasteiger charge is -2.13. The van der Waals surface area contributed by atoms with E-state index in [0.717, 1.165) is 13.0 Å². The monoisotopic (exact) mass is 459 g/mol. The van der Waals surface area contributed by atoms with Gasteiger partial charge in [0.15, 0.2) is 4.34 Å². The van der Waals surface area contributed by atoms with E-state index in [9.17, 15) is 14.9 Å². The molecule has 0 fully saturated rings. The van der Waals surface area contributed by atoms with Crippen molar-refractivity contribution in [2.75, 3.05) is 24.3 Å². The maximum Gasteiger partial charge on any atom is 0.271 e. The summed E-state index contributed by atoms with van der Waals surface area (Å²) in [5.74, 6) is 0.0227. The van der Waals surface area contributed by atoms with Crippen molar-refractivity contribution >= 4 is 45.5 Å². The third-order valence-corrected chi connectivity index (χ3v) is 6.30. The number of nitrogens with zero attached hydrogens (tertiary/aromatic N) is 3. The molecule has 3 aromatic rings. The van der Waals surface area contributed by atoms with E-state index in [4.69, 9.17) is 4.74 Å². The molecule has 2 N–H and O–H groups in total. The highest BCUT2D eigenvalue weighted by molar-refractivity contribution is 8.02. The molecule has 0 bridgehead atoms. The van der Waals surface area contributed by atoms with Gasteiger partial charge in [0, 0.05) is 18.7 Å². The number of benzene rings is 2.